The molecular weight excluding hydrogens is 344 g/mol. The van der Waals surface area contributed by atoms with Crippen molar-refractivity contribution >= 4 is 35.0 Å². The molecule has 0 aromatic heterocycles. The van der Waals surface area contributed by atoms with Gasteiger partial charge in [0.2, 0.25) is 11.8 Å². The van der Waals surface area contributed by atoms with Gasteiger partial charge in [-0.3, -0.25) is 9.59 Å². The van der Waals surface area contributed by atoms with Crippen LogP contribution in [0.5, 0.6) is 0 Å². The molecule has 0 radical (unpaired) electrons. The normalized spacial score (nSPS) is 15.4. The van der Waals surface area contributed by atoms with Crippen molar-refractivity contribution in [3.05, 3.63) is 53.6 Å². The topological polar surface area (TPSA) is 58.2 Å². The molecule has 0 heterocycles. The van der Waals surface area contributed by atoms with E-state index in [1.54, 1.807) is 17.8 Å². The van der Waals surface area contributed by atoms with Crippen LogP contribution in [0.4, 0.5) is 11.4 Å². The van der Waals surface area contributed by atoms with Crippen LogP contribution in [0.1, 0.15) is 30.4 Å². The Morgan fingerprint density at radius 3 is 2.54 bits per heavy atom. The maximum Gasteiger partial charge on any atom is 0.234 e. The van der Waals surface area contributed by atoms with E-state index in [9.17, 15) is 9.59 Å². The van der Waals surface area contributed by atoms with E-state index in [4.69, 9.17) is 0 Å². The smallest absolute Gasteiger partial charge is 0.234 e. The van der Waals surface area contributed by atoms with Gasteiger partial charge in [-0.2, -0.15) is 0 Å². The summed E-state index contributed by atoms with van der Waals surface area (Å²) in [6.45, 7) is 0. The van der Waals surface area contributed by atoms with Crippen LogP contribution >= 0.6 is 11.8 Å². The fourth-order valence-corrected chi connectivity index (χ4v) is 4.01. The Morgan fingerprint density at radius 2 is 1.73 bits per heavy atom. The van der Waals surface area contributed by atoms with Crippen LogP contribution in [0.2, 0.25) is 0 Å². The van der Waals surface area contributed by atoms with Gasteiger partial charge in [0.05, 0.1) is 5.75 Å². The molecule has 2 aliphatic carbocycles. The molecule has 2 amide bonds. The molecule has 26 heavy (non-hydrogen) atoms. The number of hydrogen-bond donors (Lipinski definition) is 2. The molecular formula is C21H22N2O2S. The van der Waals surface area contributed by atoms with Crippen LogP contribution in [0.15, 0.2) is 47.4 Å². The fourth-order valence-electron chi connectivity index (χ4n) is 3.25. The third-order valence-corrected chi connectivity index (χ3v) is 5.80. The van der Waals surface area contributed by atoms with Crippen molar-refractivity contribution in [2.45, 2.75) is 37.0 Å². The van der Waals surface area contributed by atoms with Crippen molar-refractivity contribution in [3.8, 4) is 0 Å². The molecule has 2 aromatic carbocycles. The summed E-state index contributed by atoms with van der Waals surface area (Å²) in [4.78, 5) is 25.2. The van der Waals surface area contributed by atoms with Crippen molar-refractivity contribution in [1.29, 1.82) is 0 Å². The lowest BCUT2D eigenvalue weighted by Gasteiger charge is -2.09. The minimum absolute atomic E-state index is 0.0406. The van der Waals surface area contributed by atoms with Crippen LogP contribution in [-0.4, -0.2) is 17.6 Å². The largest absolute Gasteiger partial charge is 0.326 e. The quantitative estimate of drug-likeness (QED) is 0.751. The molecule has 0 unspecified atom stereocenters. The second-order valence-corrected chi connectivity index (χ2v) is 8.01. The highest BCUT2D eigenvalue weighted by molar-refractivity contribution is 8.00. The van der Waals surface area contributed by atoms with Crippen LogP contribution in [-0.2, 0) is 22.4 Å². The minimum atomic E-state index is -0.0406. The Hall–Kier alpha value is -2.27. The van der Waals surface area contributed by atoms with E-state index in [1.807, 2.05) is 18.2 Å². The molecule has 0 aliphatic heterocycles. The average molecular weight is 366 g/mol. The van der Waals surface area contributed by atoms with E-state index >= 15 is 0 Å². The van der Waals surface area contributed by atoms with E-state index in [0.717, 1.165) is 29.8 Å². The molecule has 0 bridgehead atoms. The molecule has 5 heteroatoms. The van der Waals surface area contributed by atoms with Gasteiger partial charge in [0.1, 0.15) is 0 Å². The van der Waals surface area contributed by atoms with Crippen molar-refractivity contribution in [2.75, 3.05) is 16.4 Å². The molecule has 0 saturated heterocycles. The lowest BCUT2D eigenvalue weighted by atomic mass is 10.1. The summed E-state index contributed by atoms with van der Waals surface area (Å²) in [5.74, 6) is 0.566. The zero-order chi connectivity index (χ0) is 17.9. The SMILES string of the molecule is O=C(CSc1ccc2c(c1)CCC2)Nc1cccc(NC(=O)C2CC2)c1. The molecule has 4 rings (SSSR count). The third kappa shape index (κ3) is 4.28. The number of hydrogen-bond acceptors (Lipinski definition) is 3. The number of amides is 2. The zero-order valence-electron chi connectivity index (χ0n) is 14.6. The summed E-state index contributed by atoms with van der Waals surface area (Å²) in [6.07, 6.45) is 5.51. The highest BCUT2D eigenvalue weighted by Crippen LogP contribution is 2.30. The highest BCUT2D eigenvalue weighted by Gasteiger charge is 2.29. The second kappa shape index (κ2) is 7.54. The van der Waals surface area contributed by atoms with Gasteiger partial charge in [0, 0.05) is 22.2 Å². The number of nitrogens with one attached hydrogen (secondary N) is 2. The Labute approximate surface area is 157 Å². The van der Waals surface area contributed by atoms with Gasteiger partial charge < -0.3 is 10.6 Å². The monoisotopic (exact) mass is 366 g/mol. The summed E-state index contributed by atoms with van der Waals surface area (Å²) in [5, 5.41) is 5.82. The molecule has 2 aliphatic rings. The minimum Gasteiger partial charge on any atom is -0.326 e. The average Bonchev–Trinajstić information content (AvgIpc) is 3.38. The Balaban J connectivity index is 1.31. The second-order valence-electron chi connectivity index (χ2n) is 6.97. The van der Waals surface area contributed by atoms with E-state index in [1.165, 1.54) is 24.0 Å². The standard InChI is InChI=1S/C21H22N2O2S/c24-20(13-26-19-10-9-14-3-1-4-16(14)11-19)22-17-5-2-6-18(12-17)23-21(25)15-7-8-15/h2,5-6,9-12,15H,1,3-4,7-8,13H2,(H,22,24)(H,23,25). The first-order valence-corrected chi connectivity index (χ1v) is 10.1. The Morgan fingerprint density at radius 1 is 0.962 bits per heavy atom. The number of thioether (sulfide) groups is 1. The predicted molar refractivity (Wildman–Crippen MR) is 106 cm³/mol. The van der Waals surface area contributed by atoms with Gasteiger partial charge in [-0.05, 0) is 73.6 Å². The summed E-state index contributed by atoms with van der Waals surface area (Å²) in [6, 6.07) is 13.8. The number of anilines is 2. The lowest BCUT2D eigenvalue weighted by molar-refractivity contribution is -0.117. The van der Waals surface area contributed by atoms with E-state index in [0.29, 0.717) is 11.4 Å². The van der Waals surface area contributed by atoms with Crippen molar-refractivity contribution in [2.24, 2.45) is 5.92 Å². The van der Waals surface area contributed by atoms with Crippen LogP contribution in [0.25, 0.3) is 0 Å². The predicted octanol–water partition coefficient (Wildman–Crippen LogP) is 4.25. The first-order chi connectivity index (χ1) is 12.7. The van der Waals surface area contributed by atoms with Gasteiger partial charge in [-0.1, -0.05) is 12.1 Å². The van der Waals surface area contributed by atoms with Crippen LogP contribution < -0.4 is 10.6 Å². The third-order valence-electron chi connectivity index (χ3n) is 4.80. The number of fused-ring (bicyclic) bond motifs is 1. The van der Waals surface area contributed by atoms with Gasteiger partial charge in [-0.15, -0.1) is 11.8 Å². The molecule has 2 N–H and O–H groups in total. The molecule has 0 atom stereocenters. The summed E-state index contributed by atoms with van der Waals surface area (Å²) >= 11 is 1.56. The fraction of sp³-hybridized carbons (Fsp3) is 0.333. The first-order valence-electron chi connectivity index (χ1n) is 9.13. The molecule has 1 saturated carbocycles. The maximum atomic E-state index is 12.3. The number of aryl methyl sites for hydroxylation is 2. The number of carbonyl (C=O) groups excluding carboxylic acids is 2. The molecule has 4 nitrogen and oxygen atoms in total. The van der Waals surface area contributed by atoms with Gasteiger partial charge in [0.15, 0.2) is 0 Å². The van der Waals surface area contributed by atoms with Gasteiger partial charge >= 0.3 is 0 Å². The van der Waals surface area contributed by atoms with Crippen molar-refractivity contribution in [3.63, 3.8) is 0 Å². The first kappa shape index (κ1) is 17.2. The van der Waals surface area contributed by atoms with Gasteiger partial charge in [-0.25, -0.2) is 0 Å². The van der Waals surface area contributed by atoms with Gasteiger partial charge in [0.25, 0.3) is 0 Å². The van der Waals surface area contributed by atoms with Crippen LogP contribution in [0.3, 0.4) is 0 Å². The van der Waals surface area contributed by atoms with E-state index in [2.05, 4.69) is 28.8 Å². The summed E-state index contributed by atoms with van der Waals surface area (Å²) in [7, 11) is 0. The van der Waals surface area contributed by atoms with E-state index < -0.39 is 0 Å². The molecule has 1 fully saturated rings. The number of rotatable bonds is 6. The summed E-state index contributed by atoms with van der Waals surface area (Å²) < 4.78 is 0. The number of benzene rings is 2. The van der Waals surface area contributed by atoms with Crippen molar-refractivity contribution in [1.82, 2.24) is 0 Å². The molecule has 0 spiro atoms. The Kier molecular flexibility index (Phi) is 4.98. The highest BCUT2D eigenvalue weighted by atomic mass is 32.2. The van der Waals surface area contributed by atoms with E-state index in [-0.39, 0.29) is 17.7 Å². The Bertz CT molecular complexity index is 846. The lowest BCUT2D eigenvalue weighted by Crippen LogP contribution is -2.15. The molecule has 134 valence electrons. The summed E-state index contributed by atoms with van der Waals surface area (Å²) in [5.41, 5.74) is 4.31. The van der Waals surface area contributed by atoms with Crippen molar-refractivity contribution < 1.29 is 9.59 Å². The molecule has 2 aromatic rings. The zero-order valence-corrected chi connectivity index (χ0v) is 15.4. The van der Waals surface area contributed by atoms with Crippen LogP contribution in [0, 0.1) is 5.92 Å². The number of carbonyl (C=O) groups is 2. The maximum absolute atomic E-state index is 12.3.